The maximum atomic E-state index is 5.69. The highest BCUT2D eigenvalue weighted by atomic mass is 16.7. The average Bonchev–Trinajstić information content (AvgIpc) is 2.41. The predicted octanol–water partition coefficient (Wildman–Crippen LogP) is 3.05. The summed E-state index contributed by atoms with van der Waals surface area (Å²) in [5.41, 5.74) is 0. The van der Waals surface area contributed by atoms with Crippen molar-refractivity contribution in [1.82, 2.24) is 0 Å². The second-order valence-corrected chi connectivity index (χ2v) is 4.79. The lowest BCUT2D eigenvalue weighted by atomic mass is 10.1. The standard InChI is InChI=1S/C14H24O3/c1-4-10-15-13(7-1)8-2-5-11-16-14-9-3-6-12-17-14/h1,7,13-14H,2-6,8-12H2. The predicted molar refractivity (Wildman–Crippen MR) is 66.9 cm³/mol. The van der Waals surface area contributed by atoms with Gasteiger partial charge in [-0.25, -0.2) is 0 Å². The van der Waals surface area contributed by atoms with Crippen LogP contribution in [0.1, 0.15) is 44.9 Å². The summed E-state index contributed by atoms with van der Waals surface area (Å²) >= 11 is 0. The minimum atomic E-state index is 0.0644. The summed E-state index contributed by atoms with van der Waals surface area (Å²) in [4.78, 5) is 0. The molecular formula is C14H24O3. The van der Waals surface area contributed by atoms with Crippen molar-refractivity contribution < 1.29 is 14.2 Å². The number of rotatable bonds is 6. The molecule has 0 N–H and O–H groups in total. The van der Waals surface area contributed by atoms with E-state index >= 15 is 0 Å². The van der Waals surface area contributed by atoms with Crippen LogP contribution >= 0.6 is 0 Å². The SMILES string of the molecule is C1=CC(CCCCOC2CCCCO2)OCC1. The molecule has 2 atom stereocenters. The lowest BCUT2D eigenvalue weighted by molar-refractivity contribution is -0.162. The maximum absolute atomic E-state index is 5.69. The van der Waals surface area contributed by atoms with E-state index in [0.717, 1.165) is 45.5 Å². The van der Waals surface area contributed by atoms with Gasteiger partial charge in [-0.05, 0) is 44.9 Å². The van der Waals surface area contributed by atoms with E-state index in [1.54, 1.807) is 0 Å². The Kier molecular flexibility index (Phi) is 6.03. The van der Waals surface area contributed by atoms with Crippen LogP contribution in [0, 0.1) is 0 Å². The fourth-order valence-electron chi connectivity index (χ4n) is 2.28. The molecule has 3 heteroatoms. The third-order valence-corrected chi connectivity index (χ3v) is 3.29. The molecule has 2 heterocycles. The van der Waals surface area contributed by atoms with E-state index in [0.29, 0.717) is 6.10 Å². The summed E-state index contributed by atoms with van der Waals surface area (Å²) in [7, 11) is 0. The smallest absolute Gasteiger partial charge is 0.157 e. The minimum Gasteiger partial charge on any atom is -0.374 e. The van der Waals surface area contributed by atoms with Gasteiger partial charge in [0, 0.05) is 13.2 Å². The average molecular weight is 240 g/mol. The van der Waals surface area contributed by atoms with Crippen LogP contribution in [0.3, 0.4) is 0 Å². The molecule has 0 amide bonds. The van der Waals surface area contributed by atoms with Gasteiger partial charge in [0.15, 0.2) is 6.29 Å². The second-order valence-electron chi connectivity index (χ2n) is 4.79. The van der Waals surface area contributed by atoms with Crippen LogP contribution in [0.4, 0.5) is 0 Å². The molecule has 2 aliphatic heterocycles. The van der Waals surface area contributed by atoms with Crippen molar-refractivity contribution in [3.63, 3.8) is 0 Å². The molecule has 0 aromatic carbocycles. The first kappa shape index (κ1) is 13.1. The number of ether oxygens (including phenoxy) is 3. The van der Waals surface area contributed by atoms with Gasteiger partial charge in [0.1, 0.15) is 0 Å². The number of hydrogen-bond acceptors (Lipinski definition) is 3. The third kappa shape index (κ3) is 5.19. The van der Waals surface area contributed by atoms with Crippen molar-refractivity contribution in [2.75, 3.05) is 19.8 Å². The Balaban J connectivity index is 1.45. The second kappa shape index (κ2) is 7.85. The minimum absolute atomic E-state index is 0.0644. The van der Waals surface area contributed by atoms with Crippen molar-refractivity contribution in [3.05, 3.63) is 12.2 Å². The normalized spacial score (nSPS) is 29.4. The van der Waals surface area contributed by atoms with Gasteiger partial charge in [-0.3, -0.25) is 0 Å². The van der Waals surface area contributed by atoms with E-state index in [1.807, 2.05) is 0 Å². The fraction of sp³-hybridized carbons (Fsp3) is 0.857. The molecule has 2 unspecified atom stereocenters. The van der Waals surface area contributed by atoms with E-state index < -0.39 is 0 Å². The van der Waals surface area contributed by atoms with Crippen molar-refractivity contribution in [3.8, 4) is 0 Å². The Bertz CT molecular complexity index is 222. The lowest BCUT2D eigenvalue weighted by Crippen LogP contribution is -2.22. The summed E-state index contributed by atoms with van der Waals surface area (Å²) < 4.78 is 16.8. The van der Waals surface area contributed by atoms with Crippen LogP contribution in [-0.4, -0.2) is 32.2 Å². The van der Waals surface area contributed by atoms with Crippen LogP contribution in [-0.2, 0) is 14.2 Å². The third-order valence-electron chi connectivity index (χ3n) is 3.29. The molecule has 1 fully saturated rings. The van der Waals surface area contributed by atoms with Crippen molar-refractivity contribution in [1.29, 1.82) is 0 Å². The Morgan fingerprint density at radius 2 is 2.12 bits per heavy atom. The molecule has 2 rings (SSSR count). The zero-order valence-corrected chi connectivity index (χ0v) is 10.6. The van der Waals surface area contributed by atoms with Gasteiger partial charge in [0.25, 0.3) is 0 Å². The van der Waals surface area contributed by atoms with E-state index in [4.69, 9.17) is 14.2 Å². The summed E-state index contributed by atoms with van der Waals surface area (Å²) in [6.07, 6.45) is 12.8. The summed E-state index contributed by atoms with van der Waals surface area (Å²) in [6.45, 7) is 2.57. The Morgan fingerprint density at radius 3 is 2.88 bits per heavy atom. The molecule has 0 bridgehead atoms. The summed E-state index contributed by atoms with van der Waals surface area (Å²) in [6, 6.07) is 0. The zero-order valence-electron chi connectivity index (χ0n) is 10.6. The highest BCUT2D eigenvalue weighted by Gasteiger charge is 2.13. The van der Waals surface area contributed by atoms with E-state index in [-0.39, 0.29) is 6.29 Å². The van der Waals surface area contributed by atoms with E-state index in [2.05, 4.69) is 12.2 Å². The number of unbranched alkanes of at least 4 members (excludes halogenated alkanes) is 1. The van der Waals surface area contributed by atoms with Gasteiger partial charge in [-0.15, -0.1) is 0 Å². The molecule has 0 aromatic heterocycles. The van der Waals surface area contributed by atoms with Crippen LogP contribution in [0.15, 0.2) is 12.2 Å². The molecule has 0 spiro atoms. The first-order valence-corrected chi connectivity index (χ1v) is 6.96. The monoisotopic (exact) mass is 240 g/mol. The van der Waals surface area contributed by atoms with Crippen molar-refractivity contribution in [2.24, 2.45) is 0 Å². The van der Waals surface area contributed by atoms with Crippen LogP contribution < -0.4 is 0 Å². The molecule has 98 valence electrons. The maximum Gasteiger partial charge on any atom is 0.157 e. The largest absolute Gasteiger partial charge is 0.374 e. The first-order chi connectivity index (χ1) is 8.45. The molecule has 1 saturated heterocycles. The summed E-state index contributed by atoms with van der Waals surface area (Å²) in [5.74, 6) is 0. The molecule has 17 heavy (non-hydrogen) atoms. The van der Waals surface area contributed by atoms with Crippen LogP contribution in [0.5, 0.6) is 0 Å². The fourth-order valence-corrected chi connectivity index (χ4v) is 2.28. The van der Waals surface area contributed by atoms with Crippen molar-refractivity contribution in [2.45, 2.75) is 57.3 Å². The molecule has 0 saturated carbocycles. The van der Waals surface area contributed by atoms with E-state index in [9.17, 15) is 0 Å². The van der Waals surface area contributed by atoms with Gasteiger partial charge in [-0.2, -0.15) is 0 Å². The Morgan fingerprint density at radius 1 is 1.12 bits per heavy atom. The molecular weight excluding hydrogens is 216 g/mol. The topological polar surface area (TPSA) is 27.7 Å². The Labute approximate surface area is 104 Å². The summed E-state index contributed by atoms with van der Waals surface area (Å²) in [5, 5.41) is 0. The molecule has 2 aliphatic rings. The van der Waals surface area contributed by atoms with Gasteiger partial charge in [0.05, 0.1) is 12.7 Å². The zero-order chi connectivity index (χ0) is 11.8. The van der Waals surface area contributed by atoms with Gasteiger partial charge in [0.2, 0.25) is 0 Å². The first-order valence-electron chi connectivity index (χ1n) is 6.96. The van der Waals surface area contributed by atoms with Crippen LogP contribution in [0.2, 0.25) is 0 Å². The highest BCUT2D eigenvalue weighted by molar-refractivity contribution is 4.92. The van der Waals surface area contributed by atoms with Gasteiger partial charge >= 0.3 is 0 Å². The van der Waals surface area contributed by atoms with Gasteiger partial charge in [-0.1, -0.05) is 12.2 Å². The molecule has 0 aromatic rings. The van der Waals surface area contributed by atoms with Gasteiger partial charge < -0.3 is 14.2 Å². The molecule has 3 nitrogen and oxygen atoms in total. The quantitative estimate of drug-likeness (QED) is 0.527. The molecule has 0 radical (unpaired) electrons. The van der Waals surface area contributed by atoms with Crippen molar-refractivity contribution >= 4 is 0 Å². The van der Waals surface area contributed by atoms with Crippen LogP contribution in [0.25, 0.3) is 0 Å². The van der Waals surface area contributed by atoms with E-state index in [1.165, 1.54) is 19.3 Å². The molecule has 0 aliphatic carbocycles. The lowest BCUT2D eigenvalue weighted by Gasteiger charge is -2.23. The number of hydrogen-bond donors (Lipinski definition) is 0. The Hall–Kier alpha value is -0.380. The highest BCUT2D eigenvalue weighted by Crippen LogP contribution is 2.15.